The number of amides is 1. The van der Waals surface area contributed by atoms with Gasteiger partial charge in [0.15, 0.2) is 0 Å². The van der Waals surface area contributed by atoms with Gasteiger partial charge in [0.25, 0.3) is 5.91 Å². The maximum atomic E-state index is 12.9. The third-order valence-corrected chi connectivity index (χ3v) is 4.49. The lowest BCUT2D eigenvalue weighted by molar-refractivity contribution is -0.145. The predicted octanol–water partition coefficient (Wildman–Crippen LogP) is 3.49. The van der Waals surface area contributed by atoms with Crippen molar-refractivity contribution in [1.29, 1.82) is 0 Å². The molecule has 1 atom stereocenters. The van der Waals surface area contributed by atoms with Gasteiger partial charge in [-0.25, -0.2) is 9.78 Å². The number of rotatable bonds is 8. The van der Waals surface area contributed by atoms with Crippen molar-refractivity contribution in [2.24, 2.45) is 5.41 Å². The largest absolute Gasteiger partial charge is 0.467 e. The van der Waals surface area contributed by atoms with E-state index in [1.807, 2.05) is 31.4 Å². The molecule has 0 saturated heterocycles. The van der Waals surface area contributed by atoms with Gasteiger partial charge in [0.05, 0.1) is 19.3 Å². The van der Waals surface area contributed by atoms with Crippen LogP contribution in [0.3, 0.4) is 0 Å². The number of methoxy groups -OCH3 is 1. The van der Waals surface area contributed by atoms with E-state index in [1.54, 1.807) is 18.5 Å². The molecule has 0 unspecified atom stereocenters. The fraction of sp³-hybridized carbons (Fsp3) is 0.550. The average Bonchev–Trinajstić information content (AvgIpc) is 3.00. The van der Waals surface area contributed by atoms with E-state index in [1.165, 1.54) is 7.11 Å². The number of hydrogen-bond acceptors (Lipinski definition) is 4. The number of halogens is 1. The monoisotopic (exact) mass is 377 g/mol. The van der Waals surface area contributed by atoms with Gasteiger partial charge in [-0.05, 0) is 36.8 Å². The van der Waals surface area contributed by atoms with Crippen molar-refractivity contribution < 1.29 is 18.7 Å². The highest BCUT2D eigenvalue weighted by Crippen LogP contribution is 2.24. The predicted molar refractivity (Wildman–Crippen MR) is 102 cm³/mol. The molecule has 2 aromatic rings. The Morgan fingerprint density at radius 2 is 2.04 bits per heavy atom. The number of pyridine rings is 1. The number of alkyl halides is 1. The first kappa shape index (κ1) is 20.9. The molecule has 0 saturated carbocycles. The zero-order valence-electron chi connectivity index (χ0n) is 16.4. The number of hydrogen-bond donors (Lipinski definition) is 1. The molecule has 0 bridgehead atoms. The van der Waals surface area contributed by atoms with Crippen molar-refractivity contribution >= 4 is 22.9 Å². The van der Waals surface area contributed by atoms with Gasteiger partial charge < -0.3 is 14.6 Å². The highest BCUT2D eigenvalue weighted by molar-refractivity contribution is 6.07. The molecule has 0 spiro atoms. The van der Waals surface area contributed by atoms with Gasteiger partial charge in [-0.15, -0.1) is 0 Å². The molecular formula is C20H28FN3O3. The van der Waals surface area contributed by atoms with E-state index >= 15 is 0 Å². The summed E-state index contributed by atoms with van der Waals surface area (Å²) >= 11 is 0. The summed E-state index contributed by atoms with van der Waals surface area (Å²) in [6.45, 7) is 5.93. The van der Waals surface area contributed by atoms with E-state index in [2.05, 4.69) is 10.3 Å². The Labute approximate surface area is 159 Å². The summed E-state index contributed by atoms with van der Waals surface area (Å²) in [6, 6.07) is 2.84. The van der Waals surface area contributed by atoms with Crippen LogP contribution in [0.4, 0.5) is 4.39 Å². The molecule has 2 heterocycles. The van der Waals surface area contributed by atoms with E-state index in [4.69, 9.17) is 4.74 Å². The Hall–Kier alpha value is -2.44. The van der Waals surface area contributed by atoms with Crippen LogP contribution in [0.5, 0.6) is 0 Å². The van der Waals surface area contributed by atoms with E-state index in [0.717, 1.165) is 18.2 Å². The lowest BCUT2D eigenvalue weighted by Gasteiger charge is -2.28. The Balaban J connectivity index is 2.28. The van der Waals surface area contributed by atoms with Crippen molar-refractivity contribution in [2.75, 3.05) is 13.8 Å². The molecule has 7 heteroatoms. The first-order valence-electron chi connectivity index (χ1n) is 9.18. The number of carbonyl (C=O) groups excluding carboxylic acids is 2. The minimum atomic E-state index is -0.769. The van der Waals surface area contributed by atoms with E-state index < -0.39 is 17.4 Å². The lowest BCUT2D eigenvalue weighted by Crippen LogP contribution is -2.49. The molecule has 148 valence electrons. The molecule has 1 amide bonds. The van der Waals surface area contributed by atoms with Gasteiger partial charge >= 0.3 is 5.97 Å². The van der Waals surface area contributed by atoms with Crippen LogP contribution < -0.4 is 5.32 Å². The van der Waals surface area contributed by atoms with Gasteiger partial charge in [0, 0.05) is 24.3 Å². The highest BCUT2D eigenvalue weighted by Gasteiger charge is 2.34. The van der Waals surface area contributed by atoms with E-state index in [9.17, 15) is 14.0 Å². The van der Waals surface area contributed by atoms with Crippen LogP contribution in [0.25, 0.3) is 11.0 Å². The summed E-state index contributed by atoms with van der Waals surface area (Å²) in [6.07, 6.45) is 5.54. The fourth-order valence-corrected chi connectivity index (χ4v) is 2.98. The third-order valence-electron chi connectivity index (χ3n) is 4.49. The van der Waals surface area contributed by atoms with Crippen molar-refractivity contribution in [3.05, 3.63) is 30.1 Å². The molecule has 1 N–H and O–H groups in total. The van der Waals surface area contributed by atoms with E-state index in [0.29, 0.717) is 24.2 Å². The molecule has 27 heavy (non-hydrogen) atoms. The van der Waals surface area contributed by atoms with E-state index in [-0.39, 0.29) is 12.6 Å². The van der Waals surface area contributed by atoms with Crippen LogP contribution in [0.1, 0.15) is 50.4 Å². The van der Waals surface area contributed by atoms with Gasteiger partial charge in [0.1, 0.15) is 11.7 Å². The number of unbranched alkanes of at least 4 members (excludes halogenated alkanes) is 2. The van der Waals surface area contributed by atoms with Gasteiger partial charge in [0.2, 0.25) is 0 Å². The summed E-state index contributed by atoms with van der Waals surface area (Å²) in [5.41, 5.74) is 0.668. The SMILES string of the molecule is COC(=O)[C@@H](NC(=O)c1cn(CCCCCF)c2ncccc12)C(C)(C)C. The molecule has 0 aromatic carbocycles. The number of ether oxygens (including phenoxy) is 1. The summed E-state index contributed by atoms with van der Waals surface area (Å²) < 4.78 is 19.0. The average molecular weight is 377 g/mol. The lowest BCUT2D eigenvalue weighted by atomic mass is 9.86. The number of aromatic nitrogens is 2. The molecule has 0 fully saturated rings. The van der Waals surface area contributed by atoms with Gasteiger partial charge in [-0.3, -0.25) is 9.18 Å². The molecule has 0 radical (unpaired) electrons. The number of fused-ring (bicyclic) bond motifs is 1. The van der Waals surface area contributed by atoms with Crippen LogP contribution >= 0.6 is 0 Å². The Morgan fingerprint density at radius 1 is 1.30 bits per heavy atom. The summed E-state index contributed by atoms with van der Waals surface area (Å²) in [7, 11) is 1.31. The maximum Gasteiger partial charge on any atom is 0.328 e. The second-order valence-electron chi connectivity index (χ2n) is 7.66. The second-order valence-corrected chi connectivity index (χ2v) is 7.66. The van der Waals surface area contributed by atoms with Crippen LogP contribution in [0.15, 0.2) is 24.5 Å². The Morgan fingerprint density at radius 3 is 2.67 bits per heavy atom. The normalized spacial score (nSPS) is 12.8. The third kappa shape index (κ3) is 5.05. The fourth-order valence-electron chi connectivity index (χ4n) is 2.98. The van der Waals surface area contributed by atoms with Gasteiger partial charge in [-0.2, -0.15) is 0 Å². The second kappa shape index (κ2) is 8.97. The number of nitrogens with one attached hydrogen (secondary N) is 1. The van der Waals surface area contributed by atoms with Crippen LogP contribution in [-0.4, -0.2) is 41.3 Å². The number of nitrogens with zero attached hydrogens (tertiary/aromatic N) is 2. The number of aryl methyl sites for hydroxylation is 1. The Bertz CT molecular complexity index is 795. The standard InChI is InChI=1S/C20H28FN3O3/c1-20(2,3)16(19(26)27-4)23-18(25)15-13-24(12-7-5-6-10-21)17-14(15)9-8-11-22-17/h8-9,11,13,16H,5-7,10,12H2,1-4H3,(H,23,25)/t16-/m1/s1. The summed E-state index contributed by atoms with van der Waals surface area (Å²) in [5.74, 6) is -0.829. The highest BCUT2D eigenvalue weighted by atomic mass is 19.1. The first-order valence-corrected chi connectivity index (χ1v) is 9.18. The molecule has 0 aliphatic rings. The molecule has 0 aliphatic carbocycles. The van der Waals surface area contributed by atoms with Gasteiger partial charge in [-0.1, -0.05) is 20.8 Å². The van der Waals surface area contributed by atoms with Crippen LogP contribution in [-0.2, 0) is 16.1 Å². The molecular weight excluding hydrogens is 349 g/mol. The summed E-state index contributed by atoms with van der Waals surface area (Å²) in [4.78, 5) is 29.4. The topological polar surface area (TPSA) is 73.2 Å². The molecule has 2 rings (SSSR count). The van der Waals surface area contributed by atoms with Crippen LogP contribution in [0, 0.1) is 5.41 Å². The Kier molecular flexibility index (Phi) is 6.93. The molecule has 2 aromatic heterocycles. The van der Waals surface area contributed by atoms with Crippen molar-refractivity contribution in [1.82, 2.24) is 14.9 Å². The van der Waals surface area contributed by atoms with Crippen molar-refractivity contribution in [2.45, 2.75) is 52.6 Å². The summed E-state index contributed by atoms with van der Waals surface area (Å²) in [5, 5.41) is 3.52. The number of carbonyl (C=O) groups is 2. The quantitative estimate of drug-likeness (QED) is 0.564. The minimum absolute atomic E-state index is 0.319. The maximum absolute atomic E-state index is 12.9. The first-order chi connectivity index (χ1) is 12.8. The smallest absolute Gasteiger partial charge is 0.328 e. The van der Waals surface area contributed by atoms with Crippen LogP contribution in [0.2, 0.25) is 0 Å². The number of esters is 1. The van der Waals surface area contributed by atoms with Crippen molar-refractivity contribution in [3.8, 4) is 0 Å². The zero-order valence-corrected chi connectivity index (χ0v) is 16.4. The molecule has 0 aliphatic heterocycles. The minimum Gasteiger partial charge on any atom is -0.467 e. The van der Waals surface area contributed by atoms with Crippen molar-refractivity contribution in [3.63, 3.8) is 0 Å². The molecule has 6 nitrogen and oxygen atoms in total. The zero-order chi connectivity index (χ0) is 20.0.